The Labute approximate surface area is 353 Å². The number of carbonyl (C=O) groups excluding carboxylic acids is 6. The minimum atomic E-state index is -1.68. The molecule has 1 fully saturated rings. The van der Waals surface area contributed by atoms with Crippen LogP contribution in [0, 0.1) is 5.92 Å². The molecule has 0 spiro atoms. The van der Waals surface area contributed by atoms with Crippen molar-refractivity contribution < 1.29 is 63.2 Å². The summed E-state index contributed by atoms with van der Waals surface area (Å²) in [6.45, 7) is 4.12. The van der Waals surface area contributed by atoms with Crippen LogP contribution in [0.2, 0.25) is 0 Å². The number of rotatable bonds is 20. The number of aliphatic carboxylic acids is 3. The molecule has 0 aliphatic carbocycles. The summed E-state index contributed by atoms with van der Waals surface area (Å²) in [5.41, 5.74) is 0.380. The number of fused-ring (bicyclic) bond motifs is 1. The fourth-order valence-corrected chi connectivity index (χ4v) is 6.62. The lowest BCUT2D eigenvalue weighted by Gasteiger charge is -2.28. The van der Waals surface area contributed by atoms with Crippen molar-refractivity contribution in [1.82, 2.24) is 41.5 Å². The maximum absolute atomic E-state index is 13.6. The number of H-pyrrole nitrogens is 1. The molecule has 332 valence electrons. The number of ether oxygens (including phenoxy) is 1. The topological polar surface area (TPSA) is 333 Å². The van der Waals surface area contributed by atoms with Gasteiger partial charge in [0.1, 0.15) is 35.7 Å². The molecule has 0 saturated carbocycles. The minimum absolute atomic E-state index is 0.101. The number of amides is 6. The van der Waals surface area contributed by atoms with Crippen molar-refractivity contribution in [2.45, 2.75) is 89.5 Å². The second-order valence-corrected chi connectivity index (χ2v) is 14.8. The zero-order valence-electron chi connectivity index (χ0n) is 34.0. The first-order valence-electron chi connectivity index (χ1n) is 19.5. The number of nitrogens with zero attached hydrogens (tertiary/aromatic N) is 2. The second kappa shape index (κ2) is 21.7. The number of carboxylic acids is 3. The van der Waals surface area contributed by atoms with Crippen molar-refractivity contribution >= 4 is 64.4 Å². The molecule has 1 aliphatic rings. The van der Waals surface area contributed by atoms with Gasteiger partial charge in [-0.15, -0.1) is 0 Å². The summed E-state index contributed by atoms with van der Waals surface area (Å²) in [6.07, 6.45) is -2.72. The number of aromatic amines is 1. The number of para-hydroxylation sites is 2. The smallest absolute Gasteiger partial charge is 0.415 e. The molecule has 2 aromatic carbocycles. The van der Waals surface area contributed by atoms with Gasteiger partial charge in [0.05, 0.1) is 35.3 Å². The average Bonchev–Trinajstić information content (AvgIpc) is 3.68. The maximum Gasteiger partial charge on any atom is 0.415 e. The predicted octanol–water partition coefficient (Wildman–Crippen LogP) is 0.0988. The Morgan fingerprint density at radius 2 is 1.40 bits per heavy atom. The lowest BCUT2D eigenvalue weighted by atomic mass is 10.0. The van der Waals surface area contributed by atoms with Gasteiger partial charge in [-0.1, -0.05) is 38.1 Å². The highest BCUT2D eigenvalue weighted by Gasteiger charge is 2.35. The van der Waals surface area contributed by atoms with Gasteiger partial charge in [-0.05, 0) is 49.4 Å². The van der Waals surface area contributed by atoms with Crippen LogP contribution in [0.15, 0.2) is 53.3 Å². The summed E-state index contributed by atoms with van der Waals surface area (Å²) in [5, 5.41) is 40.1. The monoisotopic (exact) mass is 864 g/mol. The van der Waals surface area contributed by atoms with E-state index in [1.54, 1.807) is 42.5 Å². The van der Waals surface area contributed by atoms with E-state index < -0.39 is 115 Å². The Hall–Kier alpha value is -7.39. The van der Waals surface area contributed by atoms with Gasteiger partial charge in [0.2, 0.25) is 29.5 Å². The summed E-state index contributed by atoms with van der Waals surface area (Å²) in [7, 11) is 0. The molecule has 1 saturated heterocycles. The summed E-state index contributed by atoms with van der Waals surface area (Å²) in [4.78, 5) is 134. The van der Waals surface area contributed by atoms with E-state index in [1.807, 2.05) is 0 Å². The van der Waals surface area contributed by atoms with E-state index in [9.17, 15) is 63.3 Å². The largest absolute Gasteiger partial charge is 0.481 e. The van der Waals surface area contributed by atoms with Crippen molar-refractivity contribution in [2.75, 3.05) is 13.1 Å². The van der Waals surface area contributed by atoms with Crippen molar-refractivity contribution in [3.8, 4) is 17.1 Å². The molecule has 4 rings (SSSR count). The first kappa shape index (κ1) is 47.3. The van der Waals surface area contributed by atoms with Crippen molar-refractivity contribution in [3.05, 3.63) is 58.9 Å². The van der Waals surface area contributed by atoms with E-state index in [4.69, 9.17) is 4.74 Å². The highest BCUT2D eigenvalue weighted by molar-refractivity contribution is 5.97. The maximum atomic E-state index is 13.6. The predicted molar refractivity (Wildman–Crippen MR) is 216 cm³/mol. The Morgan fingerprint density at radius 3 is 2.05 bits per heavy atom. The van der Waals surface area contributed by atoms with Gasteiger partial charge in [0.25, 0.3) is 5.56 Å². The lowest BCUT2D eigenvalue weighted by Crippen LogP contribution is -2.60. The van der Waals surface area contributed by atoms with Crippen LogP contribution in [0.3, 0.4) is 0 Å². The molecule has 62 heavy (non-hydrogen) atoms. The molecule has 3 aromatic rings. The third kappa shape index (κ3) is 13.3. The van der Waals surface area contributed by atoms with E-state index in [2.05, 4.69) is 36.6 Å². The van der Waals surface area contributed by atoms with E-state index >= 15 is 0 Å². The number of hydrogen-bond donors (Lipinski definition) is 9. The molecule has 22 nitrogen and oxygen atoms in total. The van der Waals surface area contributed by atoms with Gasteiger partial charge < -0.3 is 56.5 Å². The van der Waals surface area contributed by atoms with Crippen LogP contribution >= 0.6 is 0 Å². The summed E-state index contributed by atoms with van der Waals surface area (Å²) in [5.74, 6) is -9.60. The Balaban J connectivity index is 1.43. The Kier molecular flexibility index (Phi) is 16.6. The molecule has 2 heterocycles. The number of likely N-dealkylation sites (tertiary alicyclic amines) is 1. The molecule has 9 N–H and O–H groups in total. The van der Waals surface area contributed by atoms with Crippen LogP contribution < -0.4 is 36.9 Å². The van der Waals surface area contributed by atoms with Gasteiger partial charge in [-0.25, -0.2) is 9.78 Å². The van der Waals surface area contributed by atoms with Gasteiger partial charge in [0, 0.05) is 26.4 Å². The van der Waals surface area contributed by atoms with Crippen LogP contribution in [0.5, 0.6) is 5.75 Å². The van der Waals surface area contributed by atoms with Crippen LogP contribution in [-0.2, 0) is 38.4 Å². The molecule has 5 atom stereocenters. The lowest BCUT2D eigenvalue weighted by molar-refractivity contribution is -0.142. The molecule has 22 heteroatoms. The zero-order chi connectivity index (χ0) is 45.7. The fourth-order valence-electron chi connectivity index (χ4n) is 6.62. The third-order valence-corrected chi connectivity index (χ3v) is 9.69. The normalized spacial score (nSPS) is 15.4. The van der Waals surface area contributed by atoms with Crippen LogP contribution in [0.1, 0.15) is 59.3 Å². The molecule has 0 bridgehead atoms. The van der Waals surface area contributed by atoms with Gasteiger partial charge in [0.15, 0.2) is 0 Å². The molecular weight excluding hydrogens is 816 g/mol. The standard InChI is InChI=1S/C40H48N8O14/c1-20(2)33(46-37(58)26(14-15-30(50)51)44-38(59)28(18-32(54)55)42-21(3)49)39(60)45-27(17-31(52)53)36(57)41-19-22-9-8-16-48(22)40(61)62-29-13-7-5-11-24(29)34-43-25-12-6-4-10-23(25)35(56)47-34/h4-7,10-13,20,22,26-28,33H,8-9,14-19H2,1-3H3,(H,41,57)(H,42,49)(H,44,59)(H,45,60)(H,46,58)(H,50,51)(H,52,53)(H,54,55)(H,43,47,56)/t22-,26-,27-,28-,33-/m0/s1. The van der Waals surface area contributed by atoms with Crippen LogP contribution in [0.25, 0.3) is 22.3 Å². The average molecular weight is 865 g/mol. The van der Waals surface area contributed by atoms with E-state index in [-0.39, 0.29) is 30.2 Å². The van der Waals surface area contributed by atoms with Gasteiger partial charge >= 0.3 is 24.0 Å². The summed E-state index contributed by atoms with van der Waals surface area (Å²) >= 11 is 0. The molecule has 0 unspecified atom stereocenters. The number of hydrogen-bond acceptors (Lipinski definition) is 12. The zero-order valence-corrected chi connectivity index (χ0v) is 34.0. The second-order valence-electron chi connectivity index (χ2n) is 14.8. The molecule has 1 aromatic heterocycles. The van der Waals surface area contributed by atoms with Crippen molar-refractivity contribution in [2.24, 2.45) is 5.92 Å². The molecule has 0 radical (unpaired) electrons. The van der Waals surface area contributed by atoms with Crippen molar-refractivity contribution in [3.63, 3.8) is 0 Å². The molecular formula is C40H48N8O14. The van der Waals surface area contributed by atoms with Crippen LogP contribution in [0.4, 0.5) is 4.79 Å². The number of carbonyl (C=O) groups is 9. The fraction of sp³-hybridized carbons (Fsp3) is 0.425. The first-order chi connectivity index (χ1) is 29.3. The van der Waals surface area contributed by atoms with Crippen LogP contribution in [-0.4, -0.2) is 127 Å². The van der Waals surface area contributed by atoms with E-state index in [0.717, 1.165) is 6.92 Å². The number of aromatic nitrogens is 2. The number of carboxylic acid groups (broad SMARTS) is 3. The molecule has 6 amide bonds. The highest BCUT2D eigenvalue weighted by atomic mass is 16.6. The molecule has 1 aliphatic heterocycles. The van der Waals surface area contributed by atoms with Gasteiger partial charge in [-0.3, -0.25) is 43.2 Å². The summed E-state index contributed by atoms with van der Waals surface area (Å²) in [6, 6.07) is 6.17. The SMILES string of the molecule is CC(=O)N[C@@H](CC(=O)O)C(=O)N[C@@H](CCC(=O)O)C(=O)N[C@H](C(=O)N[C@@H](CC(=O)O)C(=O)NC[C@@H]1CCCN1C(=O)Oc1ccccc1-c1nc2ccccc2c(=O)[nH]1)C(C)C. The number of nitrogens with one attached hydrogen (secondary N) is 6. The first-order valence-corrected chi connectivity index (χ1v) is 19.5. The van der Waals surface area contributed by atoms with Crippen molar-refractivity contribution in [1.29, 1.82) is 0 Å². The third-order valence-electron chi connectivity index (χ3n) is 9.69. The number of benzene rings is 2. The van der Waals surface area contributed by atoms with Gasteiger partial charge in [-0.2, -0.15) is 0 Å². The summed E-state index contributed by atoms with van der Waals surface area (Å²) < 4.78 is 5.76. The minimum Gasteiger partial charge on any atom is -0.481 e. The quantitative estimate of drug-likeness (QED) is 0.0727. The van der Waals surface area contributed by atoms with E-state index in [1.165, 1.54) is 24.8 Å². The van der Waals surface area contributed by atoms with E-state index in [0.29, 0.717) is 29.3 Å². The Bertz CT molecular complexity index is 2250. The highest BCUT2D eigenvalue weighted by Crippen LogP contribution is 2.29. The Morgan fingerprint density at radius 1 is 0.790 bits per heavy atom.